The SMILES string of the molecule is CN(c1ccc([N+](=O)[O-])cc1Oc1ccc(Oc2ccc3c(c2)CC[C@@H]2[C@@H]3CC[C@]3(C)C(=O)CC[C@@H]23)cc1)S(C)(=O)=O. The van der Waals surface area contributed by atoms with Gasteiger partial charge in [-0.25, -0.2) is 8.42 Å². The van der Waals surface area contributed by atoms with E-state index in [1.54, 1.807) is 24.3 Å². The van der Waals surface area contributed by atoms with Gasteiger partial charge in [0.25, 0.3) is 5.69 Å². The molecular formula is C32H34N2O7S. The molecular weight excluding hydrogens is 556 g/mol. The molecule has 0 N–H and O–H groups in total. The number of nitrogens with zero attached hydrogens (tertiary/aromatic N) is 2. The van der Waals surface area contributed by atoms with E-state index in [-0.39, 0.29) is 22.5 Å². The predicted molar refractivity (Wildman–Crippen MR) is 159 cm³/mol. The van der Waals surface area contributed by atoms with E-state index in [2.05, 4.69) is 19.1 Å². The zero-order valence-corrected chi connectivity index (χ0v) is 24.7. The molecule has 0 aromatic heterocycles. The smallest absolute Gasteiger partial charge is 0.273 e. The number of hydrogen-bond donors (Lipinski definition) is 0. The molecule has 3 aromatic rings. The van der Waals surface area contributed by atoms with E-state index in [9.17, 15) is 23.3 Å². The summed E-state index contributed by atoms with van der Waals surface area (Å²) in [7, 11) is -2.26. The molecule has 0 amide bonds. The highest BCUT2D eigenvalue weighted by Gasteiger charge is 2.54. The van der Waals surface area contributed by atoms with Gasteiger partial charge >= 0.3 is 0 Å². The Hall–Kier alpha value is -3.92. The fourth-order valence-corrected chi connectivity index (χ4v) is 7.88. The molecule has 10 heteroatoms. The van der Waals surface area contributed by atoms with E-state index in [0.717, 1.165) is 54.8 Å². The number of aryl methyl sites for hydroxylation is 1. The molecule has 0 unspecified atom stereocenters. The number of carbonyl (C=O) groups is 1. The Morgan fingerprint density at radius 1 is 0.929 bits per heavy atom. The fraction of sp³-hybridized carbons (Fsp3) is 0.406. The van der Waals surface area contributed by atoms with Crippen molar-refractivity contribution in [2.45, 2.75) is 51.4 Å². The van der Waals surface area contributed by atoms with E-state index < -0.39 is 14.9 Å². The molecule has 6 rings (SSSR count). The third kappa shape index (κ3) is 5.02. The van der Waals surface area contributed by atoms with Crippen LogP contribution in [0.5, 0.6) is 23.0 Å². The van der Waals surface area contributed by atoms with E-state index >= 15 is 0 Å². The summed E-state index contributed by atoms with van der Waals surface area (Å²) in [6, 6.07) is 16.9. The van der Waals surface area contributed by atoms with Gasteiger partial charge in [-0.05, 0) is 103 Å². The number of carbonyl (C=O) groups excluding carboxylic acids is 1. The molecule has 0 bridgehead atoms. The first-order valence-corrected chi connectivity index (χ1v) is 16.1. The summed E-state index contributed by atoms with van der Waals surface area (Å²) in [5.41, 5.74) is 2.55. The van der Waals surface area contributed by atoms with Crippen molar-refractivity contribution in [1.82, 2.24) is 0 Å². The van der Waals surface area contributed by atoms with E-state index in [0.29, 0.717) is 35.0 Å². The minimum Gasteiger partial charge on any atom is -0.457 e. The average molecular weight is 591 g/mol. The minimum atomic E-state index is -3.62. The molecule has 220 valence electrons. The first-order chi connectivity index (χ1) is 19.9. The monoisotopic (exact) mass is 590 g/mol. The highest BCUT2D eigenvalue weighted by molar-refractivity contribution is 7.92. The minimum absolute atomic E-state index is 0.0452. The van der Waals surface area contributed by atoms with Crippen LogP contribution in [0.25, 0.3) is 0 Å². The first kappa shape index (κ1) is 28.2. The number of Topliss-reactive ketones (excluding diaryl/α,β-unsaturated/α-hetero) is 1. The zero-order chi connectivity index (χ0) is 29.8. The van der Waals surface area contributed by atoms with Crippen molar-refractivity contribution in [3.8, 4) is 23.0 Å². The van der Waals surface area contributed by atoms with Crippen LogP contribution in [-0.4, -0.2) is 32.4 Å². The zero-order valence-electron chi connectivity index (χ0n) is 23.9. The molecule has 3 aliphatic rings. The number of sulfonamides is 1. The van der Waals surface area contributed by atoms with Crippen molar-refractivity contribution in [2.24, 2.45) is 17.3 Å². The van der Waals surface area contributed by atoms with Crippen LogP contribution in [0, 0.1) is 27.4 Å². The van der Waals surface area contributed by atoms with Crippen LogP contribution in [0.3, 0.4) is 0 Å². The number of fused-ring (bicyclic) bond motifs is 5. The molecule has 2 fully saturated rings. The molecule has 0 spiro atoms. The molecule has 0 radical (unpaired) electrons. The van der Waals surface area contributed by atoms with Crippen molar-refractivity contribution >= 4 is 27.2 Å². The maximum atomic E-state index is 12.6. The molecule has 3 aliphatic carbocycles. The van der Waals surface area contributed by atoms with Crippen LogP contribution < -0.4 is 13.8 Å². The lowest BCUT2D eigenvalue weighted by Crippen LogP contribution is -2.42. The van der Waals surface area contributed by atoms with Gasteiger partial charge in [-0.2, -0.15) is 0 Å². The number of non-ortho nitro benzene ring substituents is 1. The number of hydrogen-bond acceptors (Lipinski definition) is 7. The largest absolute Gasteiger partial charge is 0.457 e. The van der Waals surface area contributed by atoms with Crippen LogP contribution in [-0.2, 0) is 21.2 Å². The van der Waals surface area contributed by atoms with Gasteiger partial charge in [0.2, 0.25) is 10.0 Å². The van der Waals surface area contributed by atoms with Crippen LogP contribution in [0.15, 0.2) is 60.7 Å². The lowest BCUT2D eigenvalue weighted by atomic mass is 9.55. The quantitative estimate of drug-likeness (QED) is 0.215. The molecule has 0 heterocycles. The number of ketones is 1. The first-order valence-electron chi connectivity index (χ1n) is 14.3. The Balaban J connectivity index is 1.17. The van der Waals surface area contributed by atoms with Crippen LogP contribution in [0.1, 0.15) is 56.1 Å². The van der Waals surface area contributed by atoms with Gasteiger partial charge in [0.15, 0.2) is 5.75 Å². The standard InChI is InChI=1S/C32H34N2O7S/c1-32-17-16-26-25-12-10-24(18-20(25)4-11-27(26)28(32)13-15-31(32)35)40-22-6-8-23(9-7-22)41-30-19-21(34(36)37)5-14-29(30)33(2)42(3,38)39/h5-10,12,14,18-19,26-28H,4,11,13,15-17H2,1-3H3/t26-,27-,28+,32+/m1/s1. The van der Waals surface area contributed by atoms with Gasteiger partial charge in [0, 0.05) is 24.9 Å². The molecule has 0 saturated heterocycles. The summed E-state index contributed by atoms with van der Waals surface area (Å²) in [6.45, 7) is 2.20. The highest BCUT2D eigenvalue weighted by Crippen LogP contribution is 2.59. The Labute approximate surface area is 245 Å². The van der Waals surface area contributed by atoms with Crippen LogP contribution >= 0.6 is 0 Å². The number of benzene rings is 3. The lowest BCUT2D eigenvalue weighted by Gasteiger charge is -2.48. The Morgan fingerprint density at radius 3 is 2.31 bits per heavy atom. The van der Waals surface area contributed by atoms with Crippen molar-refractivity contribution in [3.05, 3.63) is 81.9 Å². The van der Waals surface area contributed by atoms with Gasteiger partial charge in [0.05, 0.1) is 22.9 Å². The van der Waals surface area contributed by atoms with Crippen LogP contribution in [0.4, 0.5) is 11.4 Å². The van der Waals surface area contributed by atoms with Gasteiger partial charge in [0.1, 0.15) is 23.0 Å². The summed E-state index contributed by atoms with van der Waals surface area (Å²) in [4.78, 5) is 23.4. The van der Waals surface area contributed by atoms with Crippen molar-refractivity contribution in [2.75, 3.05) is 17.6 Å². The second-order valence-electron chi connectivity index (χ2n) is 12.0. The molecule has 0 aliphatic heterocycles. The number of nitro groups is 1. The number of nitro benzene ring substituents is 1. The van der Waals surface area contributed by atoms with Gasteiger partial charge in [-0.15, -0.1) is 0 Å². The third-order valence-corrected chi connectivity index (χ3v) is 10.9. The van der Waals surface area contributed by atoms with E-state index in [1.165, 1.54) is 36.4 Å². The summed E-state index contributed by atoms with van der Waals surface area (Å²) < 4.78 is 37.3. The van der Waals surface area contributed by atoms with Gasteiger partial charge < -0.3 is 9.47 Å². The molecule has 3 aromatic carbocycles. The van der Waals surface area contributed by atoms with Gasteiger partial charge in [-0.1, -0.05) is 13.0 Å². The summed E-state index contributed by atoms with van der Waals surface area (Å²) in [6.07, 6.45) is 6.94. The van der Waals surface area contributed by atoms with Crippen molar-refractivity contribution < 1.29 is 27.6 Å². The normalized spacial score (nSPS) is 24.7. The Kier molecular flexibility index (Phi) is 7.00. The molecule has 4 atom stereocenters. The molecule has 9 nitrogen and oxygen atoms in total. The third-order valence-electron chi connectivity index (χ3n) is 9.69. The maximum absolute atomic E-state index is 12.6. The van der Waals surface area contributed by atoms with Crippen molar-refractivity contribution in [3.63, 3.8) is 0 Å². The molecule has 42 heavy (non-hydrogen) atoms. The lowest BCUT2D eigenvalue weighted by molar-refractivity contribution is -0.384. The van der Waals surface area contributed by atoms with E-state index in [1.807, 2.05) is 6.07 Å². The topological polar surface area (TPSA) is 116 Å². The van der Waals surface area contributed by atoms with E-state index in [4.69, 9.17) is 9.47 Å². The predicted octanol–water partition coefficient (Wildman–Crippen LogP) is 7.00. The second-order valence-corrected chi connectivity index (χ2v) is 14.0. The Morgan fingerprint density at radius 2 is 1.62 bits per heavy atom. The number of rotatable bonds is 7. The number of ether oxygens (including phenoxy) is 2. The van der Waals surface area contributed by atoms with Crippen molar-refractivity contribution in [1.29, 1.82) is 0 Å². The van der Waals surface area contributed by atoms with Gasteiger partial charge in [-0.3, -0.25) is 19.2 Å². The summed E-state index contributed by atoms with van der Waals surface area (Å²) >= 11 is 0. The molecule has 2 saturated carbocycles. The van der Waals surface area contributed by atoms with Crippen LogP contribution in [0.2, 0.25) is 0 Å². The average Bonchev–Trinajstić information content (AvgIpc) is 3.27. The maximum Gasteiger partial charge on any atom is 0.273 e. The highest BCUT2D eigenvalue weighted by atomic mass is 32.2. The second kappa shape index (κ2) is 10.4. The fourth-order valence-electron chi connectivity index (χ4n) is 7.37. The number of anilines is 1. The summed E-state index contributed by atoms with van der Waals surface area (Å²) in [5, 5.41) is 11.3. The summed E-state index contributed by atoms with van der Waals surface area (Å²) in [5.74, 6) is 3.80. The Bertz CT molecular complexity index is 1670.